The van der Waals surface area contributed by atoms with Gasteiger partial charge >= 0.3 is 0 Å². The Kier molecular flexibility index (Phi) is 4.02. The summed E-state index contributed by atoms with van der Waals surface area (Å²) in [6, 6.07) is -0.120. The number of nitrogens with one attached hydrogen (secondary N) is 2. The number of thiazole rings is 1. The van der Waals surface area contributed by atoms with Gasteiger partial charge in [0, 0.05) is 11.6 Å². The van der Waals surface area contributed by atoms with E-state index in [-0.39, 0.29) is 23.4 Å². The number of carbonyl (C=O) groups excluding carboxylic acids is 1. The minimum Gasteiger partial charge on any atom is -0.346 e. The van der Waals surface area contributed by atoms with Crippen molar-refractivity contribution in [3.05, 3.63) is 16.6 Å². The fourth-order valence-electron chi connectivity index (χ4n) is 2.47. The highest BCUT2D eigenvalue weighted by atomic mass is 32.1. The van der Waals surface area contributed by atoms with Crippen LogP contribution in [0.3, 0.4) is 0 Å². The van der Waals surface area contributed by atoms with Gasteiger partial charge < -0.3 is 10.6 Å². The maximum Gasteiger partial charge on any atom is 0.238 e. The lowest BCUT2D eigenvalue weighted by Gasteiger charge is -2.38. The summed E-state index contributed by atoms with van der Waals surface area (Å²) in [5, 5.41) is 9.27. The Morgan fingerprint density at radius 1 is 1.67 bits per heavy atom. The minimum absolute atomic E-state index is 0.0166. The molecule has 100 valence electrons. The normalized spacial score (nSPS) is 24.5. The molecule has 0 bridgehead atoms. The van der Waals surface area contributed by atoms with Gasteiger partial charge in [-0.25, -0.2) is 4.98 Å². The van der Waals surface area contributed by atoms with Gasteiger partial charge in [0.25, 0.3) is 0 Å². The van der Waals surface area contributed by atoms with Gasteiger partial charge in [0.2, 0.25) is 5.91 Å². The first-order valence-corrected chi connectivity index (χ1v) is 7.32. The first kappa shape index (κ1) is 13.5. The molecule has 18 heavy (non-hydrogen) atoms. The van der Waals surface area contributed by atoms with Crippen molar-refractivity contribution >= 4 is 17.2 Å². The number of amides is 1. The van der Waals surface area contributed by atoms with Gasteiger partial charge in [0.15, 0.2) is 0 Å². The molecule has 0 aliphatic carbocycles. The van der Waals surface area contributed by atoms with Crippen molar-refractivity contribution in [3.63, 3.8) is 0 Å². The van der Waals surface area contributed by atoms with Crippen LogP contribution in [0.25, 0.3) is 0 Å². The highest BCUT2D eigenvalue weighted by Gasteiger charge is 2.37. The lowest BCUT2D eigenvalue weighted by atomic mass is 9.77. The van der Waals surface area contributed by atoms with E-state index in [4.69, 9.17) is 0 Å². The standard InChI is InChI=1S/C13H21N3OS/c1-9(12-15-7-8-18-12)16-11(17)10-13(2,3)5-4-6-14-10/h7-10,14H,4-6H2,1-3H3,(H,16,17). The molecule has 1 aliphatic rings. The molecule has 4 nitrogen and oxygen atoms in total. The Morgan fingerprint density at radius 3 is 3.06 bits per heavy atom. The molecule has 1 saturated heterocycles. The van der Waals surface area contributed by atoms with Crippen molar-refractivity contribution in [2.75, 3.05) is 6.54 Å². The number of nitrogens with zero attached hydrogens (tertiary/aromatic N) is 1. The lowest BCUT2D eigenvalue weighted by molar-refractivity contribution is -0.127. The van der Waals surface area contributed by atoms with Gasteiger partial charge in [-0.3, -0.25) is 4.79 Å². The maximum atomic E-state index is 12.3. The molecular weight excluding hydrogens is 246 g/mol. The van der Waals surface area contributed by atoms with Crippen LogP contribution in [0.1, 0.15) is 44.7 Å². The quantitative estimate of drug-likeness (QED) is 0.882. The average molecular weight is 267 g/mol. The fraction of sp³-hybridized carbons (Fsp3) is 0.692. The van der Waals surface area contributed by atoms with Crippen LogP contribution in [0.15, 0.2) is 11.6 Å². The molecule has 2 N–H and O–H groups in total. The van der Waals surface area contributed by atoms with E-state index in [1.54, 1.807) is 17.5 Å². The van der Waals surface area contributed by atoms with Crippen LogP contribution in [-0.2, 0) is 4.79 Å². The molecular formula is C13H21N3OS. The maximum absolute atomic E-state index is 12.3. The summed E-state index contributed by atoms with van der Waals surface area (Å²) in [6.07, 6.45) is 3.99. The number of piperidine rings is 1. The average Bonchev–Trinajstić information content (AvgIpc) is 2.81. The van der Waals surface area contributed by atoms with Gasteiger partial charge in [-0.05, 0) is 31.7 Å². The van der Waals surface area contributed by atoms with Gasteiger partial charge in [-0.1, -0.05) is 13.8 Å². The smallest absolute Gasteiger partial charge is 0.238 e. The van der Waals surface area contributed by atoms with Gasteiger partial charge in [0.05, 0.1) is 12.1 Å². The Morgan fingerprint density at radius 2 is 2.44 bits per heavy atom. The zero-order valence-corrected chi connectivity index (χ0v) is 12.0. The van der Waals surface area contributed by atoms with E-state index < -0.39 is 0 Å². The van der Waals surface area contributed by atoms with E-state index in [1.807, 2.05) is 12.3 Å². The van der Waals surface area contributed by atoms with Crippen LogP contribution in [0.2, 0.25) is 0 Å². The number of rotatable bonds is 3. The molecule has 2 atom stereocenters. The van der Waals surface area contributed by atoms with Gasteiger partial charge in [-0.15, -0.1) is 11.3 Å². The van der Waals surface area contributed by atoms with Crippen LogP contribution in [0, 0.1) is 5.41 Å². The molecule has 2 rings (SSSR count). The fourth-order valence-corrected chi connectivity index (χ4v) is 3.11. The van der Waals surface area contributed by atoms with Crippen LogP contribution in [-0.4, -0.2) is 23.5 Å². The largest absolute Gasteiger partial charge is 0.346 e. The second kappa shape index (κ2) is 5.36. The molecule has 0 aromatic carbocycles. The number of carbonyl (C=O) groups is 1. The molecule has 0 spiro atoms. The Balaban J connectivity index is 1.99. The summed E-state index contributed by atoms with van der Waals surface area (Å²) in [6.45, 7) is 7.20. The minimum atomic E-state index is -0.103. The molecule has 5 heteroatoms. The molecule has 1 amide bonds. The first-order chi connectivity index (χ1) is 8.50. The van der Waals surface area contributed by atoms with Gasteiger partial charge in [-0.2, -0.15) is 0 Å². The van der Waals surface area contributed by atoms with Crippen LogP contribution in [0.5, 0.6) is 0 Å². The van der Waals surface area contributed by atoms with Crippen molar-refractivity contribution in [2.45, 2.75) is 45.7 Å². The molecule has 2 heterocycles. The second-order valence-electron chi connectivity index (χ2n) is 5.58. The number of hydrogen-bond acceptors (Lipinski definition) is 4. The third kappa shape index (κ3) is 2.90. The van der Waals surface area contributed by atoms with Crippen molar-refractivity contribution < 1.29 is 4.79 Å². The first-order valence-electron chi connectivity index (χ1n) is 6.44. The molecule has 1 fully saturated rings. The summed E-state index contributed by atoms with van der Waals surface area (Å²) in [7, 11) is 0. The molecule has 0 radical (unpaired) electrons. The van der Waals surface area contributed by atoms with Crippen LogP contribution in [0.4, 0.5) is 0 Å². The Hall–Kier alpha value is -0.940. The van der Waals surface area contributed by atoms with E-state index in [9.17, 15) is 4.79 Å². The van der Waals surface area contributed by atoms with E-state index >= 15 is 0 Å². The zero-order valence-electron chi connectivity index (χ0n) is 11.2. The number of aromatic nitrogens is 1. The highest BCUT2D eigenvalue weighted by molar-refractivity contribution is 7.09. The molecule has 1 aromatic rings. The van der Waals surface area contributed by atoms with Crippen LogP contribution >= 0.6 is 11.3 Å². The predicted molar refractivity (Wildman–Crippen MR) is 73.5 cm³/mol. The van der Waals surface area contributed by atoms with Crippen molar-refractivity contribution in [3.8, 4) is 0 Å². The summed E-state index contributed by atoms with van der Waals surface area (Å²) in [4.78, 5) is 16.6. The van der Waals surface area contributed by atoms with Gasteiger partial charge in [0.1, 0.15) is 5.01 Å². The highest BCUT2D eigenvalue weighted by Crippen LogP contribution is 2.30. The van der Waals surface area contributed by atoms with Crippen LogP contribution < -0.4 is 10.6 Å². The topological polar surface area (TPSA) is 54.0 Å². The molecule has 1 aliphatic heterocycles. The summed E-state index contributed by atoms with van der Waals surface area (Å²) < 4.78 is 0. The monoisotopic (exact) mass is 267 g/mol. The van der Waals surface area contributed by atoms with Crippen molar-refractivity contribution in [1.82, 2.24) is 15.6 Å². The summed E-state index contributed by atoms with van der Waals surface area (Å²) in [5.74, 6) is 0.0856. The van der Waals surface area contributed by atoms with E-state index in [2.05, 4.69) is 29.5 Å². The summed E-state index contributed by atoms with van der Waals surface area (Å²) in [5.41, 5.74) is 0.0188. The third-order valence-electron chi connectivity index (χ3n) is 3.57. The predicted octanol–water partition coefficient (Wildman–Crippen LogP) is 2.10. The molecule has 2 unspecified atom stereocenters. The van der Waals surface area contributed by atoms with Crippen molar-refractivity contribution in [2.24, 2.45) is 5.41 Å². The van der Waals surface area contributed by atoms with E-state index in [0.29, 0.717) is 0 Å². The second-order valence-corrected chi connectivity index (χ2v) is 6.51. The SMILES string of the molecule is CC(NC(=O)C1NCCCC1(C)C)c1nccs1. The van der Waals surface area contributed by atoms with E-state index in [1.165, 1.54) is 0 Å². The number of hydrogen-bond donors (Lipinski definition) is 2. The Labute approximate surface area is 112 Å². The molecule has 0 saturated carbocycles. The van der Waals surface area contributed by atoms with E-state index in [0.717, 1.165) is 24.4 Å². The molecule has 1 aromatic heterocycles. The Bertz CT molecular complexity index is 402. The van der Waals surface area contributed by atoms with Crippen molar-refractivity contribution in [1.29, 1.82) is 0 Å². The lowest BCUT2D eigenvalue weighted by Crippen LogP contribution is -2.55. The summed E-state index contributed by atoms with van der Waals surface area (Å²) >= 11 is 1.57. The third-order valence-corrected chi connectivity index (χ3v) is 4.53. The zero-order chi connectivity index (χ0) is 13.2.